The minimum Gasteiger partial charge on any atom is -0.350 e. The molecule has 134 valence electrons. The lowest BCUT2D eigenvalue weighted by atomic mass is 9.82. The monoisotopic (exact) mass is 351 g/mol. The van der Waals surface area contributed by atoms with E-state index in [0.29, 0.717) is 22.5 Å². The van der Waals surface area contributed by atoms with Gasteiger partial charge in [0.25, 0.3) is 5.91 Å². The van der Waals surface area contributed by atoms with Crippen molar-refractivity contribution in [2.45, 2.75) is 44.6 Å². The molecule has 4 nitrogen and oxygen atoms in total. The highest BCUT2D eigenvalue weighted by Crippen LogP contribution is 2.32. The summed E-state index contributed by atoms with van der Waals surface area (Å²) >= 11 is 0. The van der Waals surface area contributed by atoms with Crippen LogP contribution in [0.25, 0.3) is 10.9 Å². The van der Waals surface area contributed by atoms with Gasteiger partial charge in [-0.1, -0.05) is 18.6 Å². The first-order chi connectivity index (χ1) is 12.6. The van der Waals surface area contributed by atoms with Crippen molar-refractivity contribution in [1.29, 1.82) is 0 Å². The zero-order chi connectivity index (χ0) is 18.1. The largest absolute Gasteiger partial charge is 0.350 e. The fraction of sp³-hybridized carbons (Fsp3) is 0.333. The van der Waals surface area contributed by atoms with E-state index in [-0.39, 0.29) is 17.8 Å². The Bertz CT molecular complexity index is 896. The van der Waals surface area contributed by atoms with Crippen LogP contribution in [0.2, 0.25) is 0 Å². The first kappa shape index (κ1) is 16.8. The van der Waals surface area contributed by atoms with E-state index in [1.165, 1.54) is 11.6 Å². The molecule has 2 heterocycles. The summed E-state index contributed by atoms with van der Waals surface area (Å²) in [6, 6.07) is 8.94. The number of pyridine rings is 1. The molecule has 0 bridgehead atoms. The number of hydrogen-bond donors (Lipinski definition) is 2. The second-order valence-corrected chi connectivity index (χ2v) is 7.16. The molecule has 1 amide bonds. The van der Waals surface area contributed by atoms with Gasteiger partial charge in [-0.15, -0.1) is 0 Å². The van der Waals surface area contributed by atoms with Gasteiger partial charge in [0.2, 0.25) is 0 Å². The Morgan fingerprint density at radius 3 is 2.96 bits per heavy atom. The Kier molecular flexibility index (Phi) is 4.45. The molecule has 26 heavy (non-hydrogen) atoms. The Labute approximate surface area is 151 Å². The van der Waals surface area contributed by atoms with E-state index < -0.39 is 0 Å². The Balaban J connectivity index is 1.49. The maximum atomic E-state index is 14.0. The van der Waals surface area contributed by atoms with Gasteiger partial charge in [0, 0.05) is 23.8 Å². The number of carbonyl (C=O) groups is 1. The SMILES string of the molecule is Cc1ccc(F)c2cc(C(=O)N[C@@H]3CCCC(c4cccnc4)C3)[nH]c12. The summed E-state index contributed by atoms with van der Waals surface area (Å²) in [5.74, 6) is -0.0582. The van der Waals surface area contributed by atoms with E-state index in [9.17, 15) is 9.18 Å². The normalized spacial score (nSPS) is 20.2. The zero-order valence-corrected chi connectivity index (χ0v) is 14.8. The van der Waals surface area contributed by atoms with E-state index in [2.05, 4.69) is 21.4 Å². The molecule has 3 aromatic rings. The van der Waals surface area contributed by atoms with E-state index >= 15 is 0 Å². The van der Waals surface area contributed by atoms with Crippen LogP contribution in [-0.4, -0.2) is 21.9 Å². The average Bonchev–Trinajstić information content (AvgIpc) is 3.13. The number of aromatic nitrogens is 2. The van der Waals surface area contributed by atoms with Crippen LogP contribution >= 0.6 is 0 Å². The second-order valence-electron chi connectivity index (χ2n) is 7.16. The average molecular weight is 351 g/mol. The number of nitrogens with one attached hydrogen (secondary N) is 2. The number of carbonyl (C=O) groups excluding carboxylic acids is 1. The number of benzene rings is 1. The predicted molar refractivity (Wildman–Crippen MR) is 99.7 cm³/mol. The van der Waals surface area contributed by atoms with Gasteiger partial charge in [-0.3, -0.25) is 9.78 Å². The molecule has 0 saturated heterocycles. The van der Waals surface area contributed by atoms with E-state index in [0.717, 1.165) is 31.2 Å². The molecule has 1 aliphatic carbocycles. The molecular weight excluding hydrogens is 329 g/mol. The predicted octanol–water partition coefficient (Wildman–Crippen LogP) is 4.47. The highest BCUT2D eigenvalue weighted by molar-refractivity contribution is 5.99. The van der Waals surface area contributed by atoms with Crippen molar-refractivity contribution in [3.8, 4) is 0 Å². The number of nitrogens with zero attached hydrogens (tertiary/aromatic N) is 1. The smallest absolute Gasteiger partial charge is 0.267 e. The van der Waals surface area contributed by atoms with Crippen LogP contribution in [0.15, 0.2) is 42.7 Å². The number of hydrogen-bond acceptors (Lipinski definition) is 2. The van der Waals surface area contributed by atoms with Crippen molar-refractivity contribution in [3.63, 3.8) is 0 Å². The fourth-order valence-electron chi connectivity index (χ4n) is 3.95. The number of halogens is 1. The molecule has 4 rings (SSSR count). The van der Waals surface area contributed by atoms with Gasteiger partial charge in [-0.05, 0) is 61.4 Å². The van der Waals surface area contributed by atoms with Crippen LogP contribution in [0.3, 0.4) is 0 Å². The molecule has 1 aliphatic rings. The molecule has 1 aromatic carbocycles. The van der Waals surface area contributed by atoms with Crippen molar-refractivity contribution in [2.75, 3.05) is 0 Å². The van der Waals surface area contributed by atoms with E-state index in [1.807, 2.05) is 19.2 Å². The Morgan fingerprint density at radius 2 is 2.19 bits per heavy atom. The third-order valence-electron chi connectivity index (χ3n) is 5.36. The maximum absolute atomic E-state index is 14.0. The minimum atomic E-state index is -0.310. The second kappa shape index (κ2) is 6.90. The molecule has 2 atom stereocenters. The lowest BCUT2D eigenvalue weighted by Gasteiger charge is -2.29. The summed E-state index contributed by atoms with van der Waals surface area (Å²) < 4.78 is 14.0. The van der Waals surface area contributed by atoms with Gasteiger partial charge in [0.05, 0.1) is 5.52 Å². The van der Waals surface area contributed by atoms with E-state index in [1.54, 1.807) is 18.3 Å². The van der Waals surface area contributed by atoms with Gasteiger partial charge < -0.3 is 10.3 Å². The quantitative estimate of drug-likeness (QED) is 0.732. The number of amides is 1. The summed E-state index contributed by atoms with van der Waals surface area (Å²) in [5.41, 5.74) is 3.26. The van der Waals surface area contributed by atoms with Crippen LogP contribution in [0.1, 0.15) is 53.2 Å². The lowest BCUT2D eigenvalue weighted by Crippen LogP contribution is -2.38. The first-order valence-corrected chi connectivity index (χ1v) is 9.10. The molecule has 1 saturated carbocycles. The molecule has 2 aromatic heterocycles. The summed E-state index contributed by atoms with van der Waals surface area (Å²) in [5, 5.41) is 3.59. The van der Waals surface area contributed by atoms with Crippen molar-refractivity contribution >= 4 is 16.8 Å². The number of rotatable bonds is 3. The first-order valence-electron chi connectivity index (χ1n) is 9.10. The Morgan fingerprint density at radius 1 is 1.31 bits per heavy atom. The summed E-state index contributed by atoms with van der Waals surface area (Å²) in [7, 11) is 0. The molecule has 0 aliphatic heterocycles. The molecule has 0 spiro atoms. The van der Waals surface area contributed by atoms with Crippen molar-refractivity contribution in [1.82, 2.24) is 15.3 Å². The number of fused-ring (bicyclic) bond motifs is 1. The topological polar surface area (TPSA) is 57.8 Å². The zero-order valence-electron chi connectivity index (χ0n) is 14.8. The number of aryl methyl sites for hydroxylation is 1. The van der Waals surface area contributed by atoms with Crippen LogP contribution in [-0.2, 0) is 0 Å². The van der Waals surface area contributed by atoms with Gasteiger partial charge in [0.15, 0.2) is 0 Å². The molecule has 1 unspecified atom stereocenters. The van der Waals surface area contributed by atoms with Gasteiger partial charge in [0.1, 0.15) is 11.5 Å². The molecule has 1 fully saturated rings. The van der Waals surface area contributed by atoms with Crippen molar-refractivity contribution in [3.05, 3.63) is 65.4 Å². The van der Waals surface area contributed by atoms with Crippen LogP contribution in [0.4, 0.5) is 4.39 Å². The fourth-order valence-corrected chi connectivity index (χ4v) is 3.95. The number of H-pyrrole nitrogens is 1. The van der Waals surface area contributed by atoms with Crippen molar-refractivity contribution < 1.29 is 9.18 Å². The van der Waals surface area contributed by atoms with E-state index in [4.69, 9.17) is 0 Å². The molecule has 5 heteroatoms. The minimum absolute atomic E-state index is 0.124. The molecule has 0 radical (unpaired) electrons. The third-order valence-corrected chi connectivity index (χ3v) is 5.36. The summed E-state index contributed by atoms with van der Waals surface area (Å²) in [6.07, 6.45) is 7.77. The van der Waals surface area contributed by atoms with Gasteiger partial charge >= 0.3 is 0 Å². The highest BCUT2D eigenvalue weighted by atomic mass is 19.1. The van der Waals surface area contributed by atoms with Gasteiger partial charge in [-0.25, -0.2) is 4.39 Å². The summed E-state index contributed by atoms with van der Waals surface area (Å²) in [6.45, 7) is 1.90. The Hall–Kier alpha value is -2.69. The van der Waals surface area contributed by atoms with Crippen LogP contribution < -0.4 is 5.32 Å². The standard InChI is InChI=1S/C21H22FN3O/c1-13-7-8-18(22)17-11-19(25-20(13)17)21(26)24-16-6-2-4-14(10-16)15-5-3-9-23-12-15/h3,5,7-9,11-12,14,16,25H,2,4,6,10H2,1H3,(H,24,26)/t14?,16-/m1/s1. The molecule has 2 N–H and O–H groups in total. The summed E-state index contributed by atoms with van der Waals surface area (Å²) in [4.78, 5) is 20.0. The van der Waals surface area contributed by atoms with Gasteiger partial charge in [-0.2, -0.15) is 0 Å². The third kappa shape index (κ3) is 3.21. The van der Waals surface area contributed by atoms with Crippen molar-refractivity contribution in [2.24, 2.45) is 0 Å². The molecular formula is C21H22FN3O. The maximum Gasteiger partial charge on any atom is 0.267 e. The lowest BCUT2D eigenvalue weighted by molar-refractivity contribution is 0.0921. The van der Waals surface area contributed by atoms with Crippen LogP contribution in [0, 0.1) is 12.7 Å². The number of aromatic amines is 1. The van der Waals surface area contributed by atoms with Crippen LogP contribution in [0.5, 0.6) is 0 Å². The highest BCUT2D eigenvalue weighted by Gasteiger charge is 2.25.